The topological polar surface area (TPSA) is 71.4 Å². The van der Waals surface area contributed by atoms with Crippen molar-refractivity contribution in [1.29, 1.82) is 0 Å². The van der Waals surface area contributed by atoms with Crippen molar-refractivity contribution in [3.05, 3.63) is 0 Å². The molecule has 6 heteroatoms. The normalized spacial score (nSPS) is 28.9. The molecule has 0 aliphatic carbocycles. The fraction of sp³-hybridized carbons (Fsp3) is 0.750. The smallest absolute Gasteiger partial charge is 0.435 e. The minimum atomic E-state index is -1.07. The van der Waals surface area contributed by atoms with Crippen LogP contribution in [0.5, 0.6) is 0 Å². The van der Waals surface area contributed by atoms with E-state index in [1.165, 1.54) is 6.92 Å². The van der Waals surface area contributed by atoms with E-state index >= 15 is 0 Å². The van der Waals surface area contributed by atoms with E-state index < -0.39 is 16.5 Å². The molecule has 0 aromatic carbocycles. The number of quaternary nitrogens is 1. The molecule has 1 N–H and O–H groups in total. The average Bonchev–Trinajstić information content (AvgIpc) is 2.67. The van der Waals surface area contributed by atoms with Gasteiger partial charge in [-0.1, -0.05) is 11.8 Å². The van der Waals surface area contributed by atoms with Crippen molar-refractivity contribution in [3.8, 4) is 0 Å². The number of carbonyl (C=O) groups excluding carboxylic acids is 2. The summed E-state index contributed by atoms with van der Waals surface area (Å²) in [6.07, 6.45) is 0.445. The molecule has 18 heavy (non-hydrogen) atoms. The molecule has 2 amide bonds. The van der Waals surface area contributed by atoms with Gasteiger partial charge in [0.25, 0.3) is 0 Å². The zero-order valence-electron chi connectivity index (χ0n) is 11.0. The molecule has 102 valence electrons. The van der Waals surface area contributed by atoms with Crippen LogP contribution >= 0.6 is 11.8 Å². The van der Waals surface area contributed by atoms with Crippen LogP contribution in [0.25, 0.3) is 0 Å². The fourth-order valence-corrected chi connectivity index (χ4v) is 3.12. The Bertz CT molecular complexity index is 371. The highest BCUT2D eigenvalue weighted by molar-refractivity contribution is 8.13. The number of carbonyl (C=O) groups is 3. The molecule has 0 bridgehead atoms. The van der Waals surface area contributed by atoms with Crippen LogP contribution in [0, 0.1) is 5.92 Å². The Kier molecular flexibility index (Phi) is 4.92. The molecule has 1 fully saturated rings. The van der Waals surface area contributed by atoms with Gasteiger partial charge in [-0.3, -0.25) is 4.79 Å². The third-order valence-corrected chi connectivity index (χ3v) is 4.65. The van der Waals surface area contributed by atoms with Gasteiger partial charge in [-0.25, -0.2) is 4.79 Å². The molecule has 0 aromatic heterocycles. The first-order chi connectivity index (χ1) is 8.32. The Hall–Kier alpha value is -0.880. The van der Waals surface area contributed by atoms with Gasteiger partial charge in [0.2, 0.25) is 0 Å². The van der Waals surface area contributed by atoms with E-state index in [4.69, 9.17) is 0 Å². The summed E-state index contributed by atoms with van der Waals surface area (Å²) < 4.78 is -0.473. The molecule has 0 spiro atoms. The first-order valence-electron chi connectivity index (χ1n) is 6.11. The van der Waals surface area contributed by atoms with Crippen LogP contribution in [-0.2, 0) is 9.59 Å². The van der Waals surface area contributed by atoms with Crippen LogP contribution in [0.15, 0.2) is 0 Å². The Labute approximate surface area is 111 Å². The molecule has 0 aromatic rings. The molecule has 1 aliphatic rings. The molecule has 1 rings (SSSR count). The van der Waals surface area contributed by atoms with Gasteiger partial charge in [0, 0.05) is 25.5 Å². The third-order valence-electron chi connectivity index (χ3n) is 3.58. The van der Waals surface area contributed by atoms with Crippen molar-refractivity contribution in [3.63, 3.8) is 0 Å². The van der Waals surface area contributed by atoms with Gasteiger partial charge in [0.15, 0.2) is 5.12 Å². The highest BCUT2D eigenvalue weighted by Gasteiger charge is 2.54. The van der Waals surface area contributed by atoms with Crippen LogP contribution in [0.3, 0.4) is 0 Å². The van der Waals surface area contributed by atoms with E-state index in [1.807, 2.05) is 6.92 Å². The third kappa shape index (κ3) is 2.75. The van der Waals surface area contributed by atoms with Gasteiger partial charge < -0.3 is 5.11 Å². The number of rotatable bonds is 3. The molecule has 1 heterocycles. The summed E-state index contributed by atoms with van der Waals surface area (Å²) in [4.78, 5) is 34.8. The second-order valence-corrected chi connectivity index (χ2v) is 6.11. The number of carboxylic acid groups (broad SMARTS) is 1. The monoisotopic (exact) mass is 274 g/mol. The Morgan fingerprint density at radius 3 is 2.44 bits per heavy atom. The van der Waals surface area contributed by atoms with E-state index in [2.05, 4.69) is 0 Å². The lowest BCUT2D eigenvalue weighted by Crippen LogP contribution is -2.60. The number of hydrogen-bond acceptors (Lipinski definition) is 4. The summed E-state index contributed by atoms with van der Waals surface area (Å²) in [5, 5.41) is 9.36. The van der Waals surface area contributed by atoms with Gasteiger partial charge >= 0.3 is 12.0 Å². The minimum Gasteiger partial charge on any atom is -0.435 e. The SMILES string of the molecule is CC(=O)SC[C@@H](C)C(=O)[N+]1(C(=O)O)CCC[C@H]1C. The van der Waals surface area contributed by atoms with Crippen molar-refractivity contribution in [2.45, 2.75) is 39.7 Å². The highest BCUT2D eigenvalue weighted by atomic mass is 32.2. The lowest BCUT2D eigenvalue weighted by molar-refractivity contribution is -0.793. The summed E-state index contributed by atoms with van der Waals surface area (Å²) in [5.74, 6) is -0.342. The predicted molar refractivity (Wildman–Crippen MR) is 69.2 cm³/mol. The van der Waals surface area contributed by atoms with Crippen LogP contribution < -0.4 is 0 Å². The molecule has 0 radical (unpaired) electrons. The van der Waals surface area contributed by atoms with Gasteiger partial charge in [-0.2, -0.15) is 9.28 Å². The number of hydrogen-bond donors (Lipinski definition) is 1. The number of amides is 2. The zero-order valence-corrected chi connectivity index (χ0v) is 11.8. The number of nitrogens with zero attached hydrogens (tertiary/aromatic N) is 1. The predicted octanol–water partition coefficient (Wildman–Crippen LogP) is 2.11. The van der Waals surface area contributed by atoms with Crippen LogP contribution in [0.4, 0.5) is 4.79 Å². The quantitative estimate of drug-likeness (QED) is 0.798. The summed E-state index contributed by atoms with van der Waals surface area (Å²) >= 11 is 1.08. The first kappa shape index (κ1) is 15.2. The first-order valence-corrected chi connectivity index (χ1v) is 7.10. The van der Waals surface area contributed by atoms with Crippen molar-refractivity contribution < 1.29 is 24.0 Å². The lowest BCUT2D eigenvalue weighted by Gasteiger charge is -2.31. The van der Waals surface area contributed by atoms with E-state index in [1.54, 1.807) is 6.92 Å². The lowest BCUT2D eigenvalue weighted by atomic mass is 10.1. The molecule has 1 aliphatic heterocycles. The largest absolute Gasteiger partial charge is 0.521 e. The second kappa shape index (κ2) is 5.84. The van der Waals surface area contributed by atoms with E-state index in [9.17, 15) is 19.5 Å². The van der Waals surface area contributed by atoms with Gasteiger partial charge in [-0.05, 0) is 13.8 Å². The maximum absolute atomic E-state index is 12.4. The molecule has 0 saturated carbocycles. The Balaban J connectivity index is 2.84. The highest BCUT2D eigenvalue weighted by Crippen LogP contribution is 2.30. The van der Waals surface area contributed by atoms with E-state index in [-0.39, 0.29) is 17.1 Å². The molecule has 1 unspecified atom stereocenters. The van der Waals surface area contributed by atoms with E-state index in [0.29, 0.717) is 12.3 Å². The van der Waals surface area contributed by atoms with Crippen molar-refractivity contribution in [2.24, 2.45) is 5.92 Å². The van der Waals surface area contributed by atoms with Gasteiger partial charge in [0.05, 0.1) is 12.5 Å². The molecular formula is C12H20NO4S+. The number of imide groups is 1. The Morgan fingerprint density at radius 2 is 2.06 bits per heavy atom. The van der Waals surface area contributed by atoms with Crippen LogP contribution in [-0.4, -0.2) is 45.0 Å². The molecular weight excluding hydrogens is 254 g/mol. The van der Waals surface area contributed by atoms with Crippen LogP contribution in [0.2, 0.25) is 0 Å². The van der Waals surface area contributed by atoms with E-state index in [0.717, 1.165) is 24.6 Å². The van der Waals surface area contributed by atoms with Gasteiger partial charge in [-0.15, -0.1) is 0 Å². The fourth-order valence-electron chi connectivity index (χ4n) is 2.49. The summed E-state index contributed by atoms with van der Waals surface area (Å²) in [5.41, 5.74) is 0. The zero-order chi connectivity index (χ0) is 13.9. The average molecular weight is 274 g/mol. The van der Waals surface area contributed by atoms with Crippen LogP contribution in [0.1, 0.15) is 33.6 Å². The van der Waals surface area contributed by atoms with Crippen molar-refractivity contribution >= 4 is 28.9 Å². The summed E-state index contributed by atoms with van der Waals surface area (Å²) in [6.45, 7) is 5.32. The number of likely N-dealkylation sites (tertiary alicyclic amines) is 1. The standard InChI is InChI=1S/C12H19NO4S/c1-8(7-18-10(3)14)11(15)13(12(16)17)6-4-5-9(13)2/h8-9H,4-7H2,1-3H3/p+1/t8-,9-,13?/m1/s1. The molecule has 5 nitrogen and oxygen atoms in total. The summed E-state index contributed by atoms with van der Waals surface area (Å²) in [6, 6.07) is -0.181. The van der Waals surface area contributed by atoms with Crippen molar-refractivity contribution in [2.75, 3.05) is 12.3 Å². The molecule has 1 saturated heterocycles. The number of thioether (sulfide) groups is 1. The maximum Gasteiger partial charge on any atom is 0.521 e. The Morgan fingerprint density at radius 1 is 1.44 bits per heavy atom. The minimum absolute atomic E-state index is 0.0500. The van der Waals surface area contributed by atoms with Crippen molar-refractivity contribution in [1.82, 2.24) is 0 Å². The molecule has 3 atom stereocenters. The second-order valence-electron chi connectivity index (χ2n) is 4.91. The summed E-state index contributed by atoms with van der Waals surface area (Å²) in [7, 11) is 0. The maximum atomic E-state index is 12.4. The van der Waals surface area contributed by atoms with Gasteiger partial charge in [0.1, 0.15) is 6.04 Å².